The van der Waals surface area contributed by atoms with Crippen molar-refractivity contribution in [1.82, 2.24) is 15.2 Å². The summed E-state index contributed by atoms with van der Waals surface area (Å²) in [7, 11) is 0. The predicted molar refractivity (Wildman–Crippen MR) is 63.0 cm³/mol. The van der Waals surface area contributed by atoms with Crippen LogP contribution in [0.1, 0.15) is 6.92 Å². The van der Waals surface area contributed by atoms with E-state index in [1.54, 1.807) is 6.07 Å². The van der Waals surface area contributed by atoms with Crippen LogP contribution in [0.5, 0.6) is 5.75 Å². The molecule has 0 radical (unpaired) electrons. The van der Waals surface area contributed by atoms with Crippen molar-refractivity contribution in [3.05, 3.63) is 24.5 Å². The summed E-state index contributed by atoms with van der Waals surface area (Å²) in [5, 5.41) is 25.9. The number of anilines is 1. The first-order valence-corrected chi connectivity index (χ1v) is 5.03. The summed E-state index contributed by atoms with van der Waals surface area (Å²) in [6.45, 7) is 1.38. The standard InChI is InChI=1S/C10H10N6O2/c1-6(17)13-7-2-3-8(9(18)4-7)14-16-10-11-5-12-15-10/h2-5,18H,1H3,(H,13,17)(H,11,12,15). The van der Waals surface area contributed by atoms with E-state index in [1.807, 2.05) is 0 Å². The Morgan fingerprint density at radius 3 is 2.89 bits per heavy atom. The number of rotatable bonds is 3. The van der Waals surface area contributed by atoms with E-state index in [4.69, 9.17) is 0 Å². The van der Waals surface area contributed by atoms with Crippen LogP contribution in [0.15, 0.2) is 34.8 Å². The summed E-state index contributed by atoms with van der Waals surface area (Å²) in [6, 6.07) is 4.52. The molecule has 0 aliphatic rings. The van der Waals surface area contributed by atoms with E-state index in [1.165, 1.54) is 25.4 Å². The number of hydrogen-bond donors (Lipinski definition) is 3. The van der Waals surface area contributed by atoms with Crippen molar-refractivity contribution in [2.75, 3.05) is 5.32 Å². The molecule has 2 rings (SSSR count). The van der Waals surface area contributed by atoms with Gasteiger partial charge in [-0.3, -0.25) is 4.79 Å². The van der Waals surface area contributed by atoms with E-state index < -0.39 is 0 Å². The first-order valence-electron chi connectivity index (χ1n) is 5.03. The Balaban J connectivity index is 2.17. The van der Waals surface area contributed by atoms with Crippen LogP contribution in [0, 0.1) is 0 Å². The van der Waals surface area contributed by atoms with Crippen molar-refractivity contribution in [3.63, 3.8) is 0 Å². The van der Waals surface area contributed by atoms with Crippen molar-refractivity contribution in [2.45, 2.75) is 6.92 Å². The molecule has 0 fully saturated rings. The average molecular weight is 246 g/mol. The van der Waals surface area contributed by atoms with Crippen LogP contribution < -0.4 is 5.32 Å². The highest BCUT2D eigenvalue weighted by Crippen LogP contribution is 2.30. The minimum Gasteiger partial charge on any atom is -0.506 e. The van der Waals surface area contributed by atoms with Crippen molar-refractivity contribution in [1.29, 1.82) is 0 Å². The smallest absolute Gasteiger partial charge is 0.264 e. The predicted octanol–water partition coefficient (Wildman–Crippen LogP) is 1.88. The number of carbonyl (C=O) groups is 1. The van der Waals surface area contributed by atoms with Crippen molar-refractivity contribution < 1.29 is 9.90 Å². The van der Waals surface area contributed by atoms with Gasteiger partial charge in [0.15, 0.2) is 0 Å². The number of aromatic hydroxyl groups is 1. The Bertz CT molecular complexity index is 578. The number of benzene rings is 1. The molecule has 0 spiro atoms. The van der Waals surface area contributed by atoms with Crippen LogP contribution in [0.4, 0.5) is 17.3 Å². The molecule has 0 aliphatic carbocycles. The number of aromatic amines is 1. The Hall–Kier alpha value is -2.77. The summed E-state index contributed by atoms with van der Waals surface area (Å²) >= 11 is 0. The minimum absolute atomic E-state index is 0.0930. The zero-order valence-corrected chi connectivity index (χ0v) is 9.45. The Kier molecular flexibility index (Phi) is 3.28. The molecule has 1 aromatic carbocycles. The average Bonchev–Trinajstić information content (AvgIpc) is 2.80. The van der Waals surface area contributed by atoms with E-state index in [9.17, 15) is 9.90 Å². The van der Waals surface area contributed by atoms with Gasteiger partial charge in [0.25, 0.3) is 5.95 Å². The highest BCUT2D eigenvalue weighted by atomic mass is 16.3. The molecule has 1 aromatic heterocycles. The fourth-order valence-electron chi connectivity index (χ4n) is 1.24. The zero-order chi connectivity index (χ0) is 13.0. The Labute approximate surface area is 102 Å². The van der Waals surface area contributed by atoms with Crippen LogP contribution >= 0.6 is 0 Å². The lowest BCUT2D eigenvalue weighted by Gasteiger charge is -2.03. The van der Waals surface area contributed by atoms with E-state index in [0.717, 1.165) is 0 Å². The van der Waals surface area contributed by atoms with Gasteiger partial charge in [0, 0.05) is 18.7 Å². The van der Waals surface area contributed by atoms with Crippen LogP contribution in [0.25, 0.3) is 0 Å². The van der Waals surface area contributed by atoms with Gasteiger partial charge in [-0.2, -0.15) is 10.1 Å². The zero-order valence-electron chi connectivity index (χ0n) is 9.45. The first kappa shape index (κ1) is 11.7. The SMILES string of the molecule is CC(=O)Nc1ccc(N=Nc2ncn[nH]2)c(O)c1. The molecule has 8 heteroatoms. The van der Waals surface area contributed by atoms with E-state index >= 15 is 0 Å². The van der Waals surface area contributed by atoms with Gasteiger partial charge in [-0.25, -0.2) is 5.10 Å². The number of phenolic OH excluding ortho intramolecular Hbond substituents is 1. The molecule has 0 atom stereocenters. The lowest BCUT2D eigenvalue weighted by molar-refractivity contribution is -0.114. The number of nitrogens with one attached hydrogen (secondary N) is 2. The van der Waals surface area contributed by atoms with Gasteiger partial charge in [0.1, 0.15) is 17.8 Å². The third kappa shape index (κ3) is 2.88. The molecule has 0 saturated carbocycles. The topological polar surface area (TPSA) is 116 Å². The molecule has 2 aromatic rings. The molecule has 1 amide bonds. The molecular formula is C10H10N6O2. The number of nitrogens with zero attached hydrogens (tertiary/aromatic N) is 4. The summed E-state index contributed by atoms with van der Waals surface area (Å²) in [5.41, 5.74) is 0.749. The molecule has 3 N–H and O–H groups in total. The van der Waals surface area contributed by atoms with Gasteiger partial charge >= 0.3 is 0 Å². The third-order valence-corrected chi connectivity index (χ3v) is 1.95. The van der Waals surface area contributed by atoms with Crippen molar-refractivity contribution in [3.8, 4) is 5.75 Å². The second kappa shape index (κ2) is 5.04. The molecule has 8 nitrogen and oxygen atoms in total. The molecule has 0 saturated heterocycles. The van der Waals surface area contributed by atoms with E-state index in [2.05, 4.69) is 30.7 Å². The maximum absolute atomic E-state index is 10.8. The molecule has 0 aliphatic heterocycles. The highest BCUT2D eigenvalue weighted by molar-refractivity contribution is 5.89. The summed E-state index contributed by atoms with van der Waals surface area (Å²) in [4.78, 5) is 14.6. The number of hydrogen-bond acceptors (Lipinski definition) is 6. The molecule has 18 heavy (non-hydrogen) atoms. The van der Waals surface area contributed by atoms with E-state index in [-0.39, 0.29) is 23.3 Å². The normalized spacial score (nSPS) is 10.7. The van der Waals surface area contributed by atoms with Crippen LogP contribution in [0.2, 0.25) is 0 Å². The van der Waals surface area contributed by atoms with Gasteiger partial charge < -0.3 is 10.4 Å². The van der Waals surface area contributed by atoms with Gasteiger partial charge in [-0.05, 0) is 12.1 Å². The quantitative estimate of drug-likeness (QED) is 0.717. The molecular weight excluding hydrogens is 236 g/mol. The maximum Gasteiger partial charge on any atom is 0.264 e. The van der Waals surface area contributed by atoms with Crippen LogP contribution in [-0.4, -0.2) is 26.2 Å². The second-order valence-electron chi connectivity index (χ2n) is 3.39. The van der Waals surface area contributed by atoms with Gasteiger partial charge in [0.2, 0.25) is 5.91 Å². The monoisotopic (exact) mass is 246 g/mol. The lowest BCUT2D eigenvalue weighted by Crippen LogP contribution is -2.05. The molecule has 1 heterocycles. The highest BCUT2D eigenvalue weighted by Gasteiger charge is 2.03. The fraction of sp³-hybridized carbons (Fsp3) is 0.100. The maximum atomic E-state index is 10.8. The van der Waals surface area contributed by atoms with E-state index in [0.29, 0.717) is 5.69 Å². The summed E-state index contributed by atoms with van der Waals surface area (Å²) in [5.74, 6) is -0.0738. The van der Waals surface area contributed by atoms with Crippen molar-refractivity contribution >= 4 is 23.2 Å². The summed E-state index contributed by atoms with van der Waals surface area (Å²) < 4.78 is 0. The first-order chi connectivity index (χ1) is 8.65. The number of H-pyrrole nitrogens is 1. The second-order valence-corrected chi connectivity index (χ2v) is 3.39. The lowest BCUT2D eigenvalue weighted by atomic mass is 10.2. The van der Waals surface area contributed by atoms with Crippen LogP contribution in [0.3, 0.4) is 0 Å². The van der Waals surface area contributed by atoms with Gasteiger partial charge in [-0.1, -0.05) is 0 Å². The van der Waals surface area contributed by atoms with Crippen molar-refractivity contribution in [2.24, 2.45) is 10.2 Å². The Morgan fingerprint density at radius 1 is 1.44 bits per heavy atom. The molecule has 0 bridgehead atoms. The van der Waals surface area contributed by atoms with Gasteiger partial charge in [-0.15, -0.1) is 10.2 Å². The third-order valence-electron chi connectivity index (χ3n) is 1.95. The number of carbonyl (C=O) groups excluding carboxylic acids is 1. The number of phenols is 1. The fourth-order valence-corrected chi connectivity index (χ4v) is 1.24. The minimum atomic E-state index is -0.217. The van der Waals surface area contributed by atoms with Gasteiger partial charge in [0.05, 0.1) is 0 Å². The number of amides is 1. The number of aromatic nitrogens is 3. The molecule has 0 unspecified atom stereocenters. The largest absolute Gasteiger partial charge is 0.506 e. The summed E-state index contributed by atoms with van der Waals surface area (Å²) in [6.07, 6.45) is 1.30. The Morgan fingerprint density at radius 2 is 2.28 bits per heavy atom. The molecule has 92 valence electrons. The number of azo groups is 1. The van der Waals surface area contributed by atoms with Crippen LogP contribution in [-0.2, 0) is 4.79 Å².